The van der Waals surface area contributed by atoms with E-state index in [1.807, 2.05) is 6.33 Å². The maximum atomic E-state index is 5.61. The molecule has 1 N–H and O–H groups in total. The Morgan fingerprint density at radius 3 is 2.45 bits per heavy atom. The molecule has 1 aromatic rings. The van der Waals surface area contributed by atoms with Gasteiger partial charge in [0.15, 0.2) is 0 Å². The van der Waals surface area contributed by atoms with Crippen LogP contribution >= 0.6 is 0 Å². The first-order valence-corrected chi connectivity index (χ1v) is 12.4. The fourth-order valence-electron chi connectivity index (χ4n) is 6.53. The van der Waals surface area contributed by atoms with Crippen molar-refractivity contribution in [2.45, 2.75) is 70.3 Å². The van der Waals surface area contributed by atoms with Gasteiger partial charge in [-0.15, -0.1) is 0 Å². The number of rotatable bonds is 5. The quantitative estimate of drug-likeness (QED) is 0.811. The number of imidazole rings is 1. The maximum absolute atomic E-state index is 5.61. The zero-order chi connectivity index (χ0) is 19.5. The number of hydrogen-bond acceptors (Lipinski definition) is 4. The molecule has 2 saturated heterocycles. The SMILES string of the molecule is c1nc2c([nH]1)CCN(CC1CCOCC1)C2C1CCN(CC2CCCCC2)CC1. The van der Waals surface area contributed by atoms with E-state index in [9.17, 15) is 0 Å². The van der Waals surface area contributed by atoms with Crippen LogP contribution in [0, 0.1) is 17.8 Å². The average Bonchev–Trinajstić information content (AvgIpc) is 3.25. The molecule has 1 atom stereocenters. The Hall–Kier alpha value is -0.910. The molecule has 1 unspecified atom stereocenters. The van der Waals surface area contributed by atoms with Crippen molar-refractivity contribution in [2.24, 2.45) is 17.8 Å². The van der Waals surface area contributed by atoms with Crippen LogP contribution in [-0.2, 0) is 11.2 Å². The third kappa shape index (κ3) is 4.72. The van der Waals surface area contributed by atoms with E-state index in [-0.39, 0.29) is 0 Å². The largest absolute Gasteiger partial charge is 0.381 e. The van der Waals surface area contributed by atoms with Crippen LogP contribution in [0.2, 0.25) is 0 Å². The van der Waals surface area contributed by atoms with Gasteiger partial charge in [-0.1, -0.05) is 19.3 Å². The van der Waals surface area contributed by atoms with Gasteiger partial charge >= 0.3 is 0 Å². The van der Waals surface area contributed by atoms with Gasteiger partial charge in [0.2, 0.25) is 0 Å². The Morgan fingerprint density at radius 1 is 0.897 bits per heavy atom. The molecule has 1 aliphatic carbocycles. The molecule has 1 saturated carbocycles. The summed E-state index contributed by atoms with van der Waals surface area (Å²) in [4.78, 5) is 13.9. The van der Waals surface area contributed by atoms with Crippen LogP contribution in [-0.4, -0.2) is 65.7 Å². The molecule has 1 aromatic heterocycles. The van der Waals surface area contributed by atoms with Crippen LogP contribution in [0.25, 0.3) is 0 Å². The van der Waals surface area contributed by atoms with Crippen molar-refractivity contribution in [1.82, 2.24) is 19.8 Å². The van der Waals surface area contributed by atoms with Gasteiger partial charge in [0, 0.05) is 45.0 Å². The molecule has 0 bridgehead atoms. The van der Waals surface area contributed by atoms with Crippen molar-refractivity contribution in [3.8, 4) is 0 Å². The standard InChI is InChI=1S/C24H40N4O/c1-2-4-19(5-3-1)16-27-11-6-21(7-12-27)24-23-22(25-18-26-23)8-13-28(24)17-20-9-14-29-15-10-20/h18-21,24H,1-17H2,(H,25,26). The molecule has 0 amide bonds. The first-order valence-electron chi connectivity index (χ1n) is 12.4. The molecule has 5 rings (SSSR count). The van der Waals surface area contributed by atoms with Gasteiger partial charge in [-0.05, 0) is 69.4 Å². The van der Waals surface area contributed by atoms with Crippen LogP contribution in [0.15, 0.2) is 6.33 Å². The minimum Gasteiger partial charge on any atom is -0.381 e. The lowest BCUT2D eigenvalue weighted by atomic mass is 9.82. The van der Waals surface area contributed by atoms with E-state index < -0.39 is 0 Å². The lowest BCUT2D eigenvalue weighted by Gasteiger charge is -2.45. The second-order valence-corrected chi connectivity index (χ2v) is 10.2. The fourth-order valence-corrected chi connectivity index (χ4v) is 6.53. The highest BCUT2D eigenvalue weighted by Gasteiger charge is 2.38. The average molecular weight is 401 g/mol. The molecule has 0 radical (unpaired) electrons. The van der Waals surface area contributed by atoms with Gasteiger partial charge in [-0.25, -0.2) is 4.98 Å². The molecule has 4 heterocycles. The monoisotopic (exact) mass is 400 g/mol. The Labute approximate surface area is 176 Å². The zero-order valence-corrected chi connectivity index (χ0v) is 18.2. The number of nitrogens with one attached hydrogen (secondary N) is 1. The molecule has 5 nitrogen and oxygen atoms in total. The summed E-state index contributed by atoms with van der Waals surface area (Å²) in [5.74, 6) is 2.54. The highest BCUT2D eigenvalue weighted by Crippen LogP contribution is 2.40. The van der Waals surface area contributed by atoms with Crippen molar-refractivity contribution in [3.05, 3.63) is 17.7 Å². The van der Waals surface area contributed by atoms with E-state index >= 15 is 0 Å². The molecule has 3 aliphatic heterocycles. The van der Waals surface area contributed by atoms with Crippen molar-refractivity contribution in [1.29, 1.82) is 0 Å². The summed E-state index contributed by atoms with van der Waals surface area (Å²) < 4.78 is 5.61. The van der Waals surface area contributed by atoms with E-state index in [0.29, 0.717) is 6.04 Å². The van der Waals surface area contributed by atoms with Gasteiger partial charge in [-0.2, -0.15) is 0 Å². The minimum atomic E-state index is 0.532. The van der Waals surface area contributed by atoms with Gasteiger partial charge < -0.3 is 14.6 Å². The maximum Gasteiger partial charge on any atom is 0.0925 e. The Bertz CT molecular complexity index is 627. The van der Waals surface area contributed by atoms with Crippen LogP contribution in [0.4, 0.5) is 0 Å². The minimum absolute atomic E-state index is 0.532. The molecular formula is C24H40N4O. The summed E-state index contributed by atoms with van der Waals surface area (Å²) in [7, 11) is 0. The molecule has 4 aliphatic rings. The van der Waals surface area contributed by atoms with Gasteiger partial charge in [0.05, 0.1) is 18.1 Å². The number of likely N-dealkylation sites (tertiary alicyclic amines) is 1. The normalized spacial score (nSPS) is 29.2. The molecule has 5 heteroatoms. The fraction of sp³-hybridized carbons (Fsp3) is 0.875. The number of nitrogens with zero attached hydrogens (tertiary/aromatic N) is 3. The second kappa shape index (κ2) is 9.49. The predicted molar refractivity (Wildman–Crippen MR) is 116 cm³/mol. The second-order valence-electron chi connectivity index (χ2n) is 10.2. The molecule has 162 valence electrons. The molecule has 3 fully saturated rings. The first-order chi connectivity index (χ1) is 14.4. The van der Waals surface area contributed by atoms with E-state index in [1.165, 1.54) is 102 Å². The summed E-state index contributed by atoms with van der Waals surface area (Å²) in [5.41, 5.74) is 2.77. The Balaban J connectivity index is 1.22. The zero-order valence-electron chi connectivity index (χ0n) is 18.2. The Kier molecular flexibility index (Phi) is 6.55. The number of ether oxygens (including phenoxy) is 1. The number of H-pyrrole nitrogens is 1. The number of hydrogen-bond donors (Lipinski definition) is 1. The van der Waals surface area contributed by atoms with Crippen molar-refractivity contribution < 1.29 is 4.74 Å². The summed E-state index contributed by atoms with van der Waals surface area (Å²) in [6, 6.07) is 0.532. The third-order valence-electron chi connectivity index (χ3n) is 8.23. The van der Waals surface area contributed by atoms with Gasteiger partial charge in [0.25, 0.3) is 0 Å². The van der Waals surface area contributed by atoms with Crippen molar-refractivity contribution in [3.63, 3.8) is 0 Å². The molecule has 0 spiro atoms. The van der Waals surface area contributed by atoms with Gasteiger partial charge in [0.1, 0.15) is 0 Å². The van der Waals surface area contributed by atoms with Crippen molar-refractivity contribution >= 4 is 0 Å². The third-order valence-corrected chi connectivity index (χ3v) is 8.23. The highest BCUT2D eigenvalue weighted by molar-refractivity contribution is 5.21. The summed E-state index contributed by atoms with van der Waals surface area (Å²) >= 11 is 0. The van der Waals surface area contributed by atoms with E-state index in [0.717, 1.165) is 37.4 Å². The molecule has 29 heavy (non-hydrogen) atoms. The number of aromatic amines is 1. The summed E-state index contributed by atoms with van der Waals surface area (Å²) in [5, 5.41) is 0. The van der Waals surface area contributed by atoms with Crippen LogP contribution in [0.5, 0.6) is 0 Å². The lowest BCUT2D eigenvalue weighted by molar-refractivity contribution is 0.0230. The number of piperidine rings is 1. The van der Waals surface area contributed by atoms with Gasteiger partial charge in [-0.3, -0.25) is 4.90 Å². The van der Waals surface area contributed by atoms with Crippen LogP contribution < -0.4 is 0 Å². The van der Waals surface area contributed by atoms with E-state index in [1.54, 1.807) is 0 Å². The topological polar surface area (TPSA) is 44.4 Å². The summed E-state index contributed by atoms with van der Waals surface area (Å²) in [6.45, 7) is 8.29. The smallest absolute Gasteiger partial charge is 0.0925 e. The lowest BCUT2D eigenvalue weighted by Crippen LogP contribution is -2.46. The Morgan fingerprint density at radius 2 is 1.66 bits per heavy atom. The van der Waals surface area contributed by atoms with E-state index in [2.05, 4.69) is 14.8 Å². The summed E-state index contributed by atoms with van der Waals surface area (Å²) in [6.07, 6.45) is 15.6. The number of fused-ring (bicyclic) bond motifs is 1. The first kappa shape index (κ1) is 20.0. The molecule has 0 aromatic carbocycles. The number of aromatic nitrogens is 2. The van der Waals surface area contributed by atoms with Crippen molar-refractivity contribution in [2.75, 3.05) is 45.9 Å². The van der Waals surface area contributed by atoms with Crippen LogP contribution in [0.1, 0.15) is 75.2 Å². The van der Waals surface area contributed by atoms with Crippen LogP contribution in [0.3, 0.4) is 0 Å². The predicted octanol–water partition coefficient (Wildman–Crippen LogP) is 4.03. The highest BCUT2D eigenvalue weighted by atomic mass is 16.5. The molecular weight excluding hydrogens is 360 g/mol. The van der Waals surface area contributed by atoms with E-state index in [4.69, 9.17) is 9.72 Å².